The minimum atomic E-state index is -0.0491. The molecule has 118 valence electrons. The van der Waals surface area contributed by atoms with Crippen molar-refractivity contribution < 1.29 is 14.0 Å². The number of hydrogen-bond acceptors (Lipinski definition) is 4. The maximum Gasteiger partial charge on any atom is 0.223 e. The maximum absolute atomic E-state index is 12.2. The van der Waals surface area contributed by atoms with Crippen molar-refractivity contribution in [2.45, 2.75) is 40.2 Å². The normalized spacial score (nSPS) is 10.7. The predicted octanol–water partition coefficient (Wildman–Crippen LogP) is 3.89. The minimum Gasteiger partial charge on any atom is -0.464 e. The largest absolute Gasteiger partial charge is 0.464 e. The molecule has 2 aromatic heterocycles. The van der Waals surface area contributed by atoms with E-state index in [0.717, 1.165) is 26.8 Å². The number of aryl methyl sites for hydroxylation is 3. The molecule has 0 saturated heterocycles. The molecule has 0 saturated carbocycles. The number of ketones is 1. The molecule has 0 unspecified atom stereocenters. The molecule has 5 heteroatoms. The molecular weight excluding hydrogens is 298 g/mol. The summed E-state index contributed by atoms with van der Waals surface area (Å²) in [7, 11) is 1.73. The quantitative estimate of drug-likeness (QED) is 0.759. The number of amides is 1. The zero-order valence-electron chi connectivity index (χ0n) is 13.4. The Kier molecular flexibility index (Phi) is 5.19. The van der Waals surface area contributed by atoms with Crippen molar-refractivity contribution in [3.63, 3.8) is 0 Å². The first-order valence-electron chi connectivity index (χ1n) is 7.26. The molecule has 0 atom stereocenters. The first-order chi connectivity index (χ1) is 10.4. The Morgan fingerprint density at radius 3 is 2.45 bits per heavy atom. The maximum atomic E-state index is 12.2. The highest BCUT2D eigenvalue weighted by molar-refractivity contribution is 7.12. The monoisotopic (exact) mass is 319 g/mol. The summed E-state index contributed by atoms with van der Waals surface area (Å²) in [6.45, 7) is 6.23. The number of rotatable bonds is 6. The van der Waals surface area contributed by atoms with Crippen LogP contribution in [0.3, 0.4) is 0 Å². The summed E-state index contributed by atoms with van der Waals surface area (Å²) < 4.78 is 5.46. The number of thiophene rings is 1. The van der Waals surface area contributed by atoms with Crippen LogP contribution >= 0.6 is 11.3 Å². The number of hydrogen-bond donors (Lipinski definition) is 0. The Morgan fingerprint density at radius 1 is 1.18 bits per heavy atom. The molecule has 0 aromatic carbocycles. The number of Topliss-reactive ketones (excluding diaryl/α,β-unsaturated/α-hetero) is 1. The average molecular weight is 319 g/mol. The first-order valence-corrected chi connectivity index (χ1v) is 8.08. The SMILES string of the molecule is Cc1ccc(CN(C)C(=O)CCC(=O)c2cc(C)sc2C)o1. The van der Waals surface area contributed by atoms with Gasteiger partial charge in [-0.1, -0.05) is 0 Å². The Balaban J connectivity index is 1.86. The third-order valence-corrected chi connectivity index (χ3v) is 4.49. The number of carbonyl (C=O) groups excluding carboxylic acids is 2. The smallest absolute Gasteiger partial charge is 0.223 e. The molecule has 2 rings (SSSR count). The summed E-state index contributed by atoms with van der Waals surface area (Å²) in [4.78, 5) is 28.0. The van der Waals surface area contributed by atoms with Gasteiger partial charge in [-0.2, -0.15) is 0 Å². The topological polar surface area (TPSA) is 50.5 Å². The molecule has 22 heavy (non-hydrogen) atoms. The van der Waals surface area contributed by atoms with Crippen LogP contribution in [-0.2, 0) is 11.3 Å². The van der Waals surface area contributed by atoms with Crippen LogP contribution in [0, 0.1) is 20.8 Å². The van der Waals surface area contributed by atoms with Crippen LogP contribution in [0.5, 0.6) is 0 Å². The van der Waals surface area contributed by atoms with E-state index < -0.39 is 0 Å². The van der Waals surface area contributed by atoms with E-state index in [1.54, 1.807) is 23.3 Å². The van der Waals surface area contributed by atoms with Gasteiger partial charge in [-0.25, -0.2) is 0 Å². The van der Waals surface area contributed by atoms with Crippen molar-refractivity contribution in [3.05, 3.63) is 45.0 Å². The fourth-order valence-corrected chi connectivity index (χ4v) is 3.29. The van der Waals surface area contributed by atoms with Crippen LogP contribution in [0.15, 0.2) is 22.6 Å². The van der Waals surface area contributed by atoms with Crippen LogP contribution < -0.4 is 0 Å². The third kappa shape index (κ3) is 4.07. The number of furan rings is 1. The van der Waals surface area contributed by atoms with E-state index in [4.69, 9.17) is 4.42 Å². The lowest BCUT2D eigenvalue weighted by atomic mass is 10.1. The molecule has 0 aliphatic rings. The zero-order chi connectivity index (χ0) is 16.3. The highest BCUT2D eigenvalue weighted by Gasteiger charge is 2.16. The Morgan fingerprint density at radius 2 is 1.91 bits per heavy atom. The molecular formula is C17H21NO3S. The summed E-state index contributed by atoms with van der Waals surface area (Å²) in [6, 6.07) is 5.64. The summed E-state index contributed by atoms with van der Waals surface area (Å²) in [5.41, 5.74) is 0.750. The van der Waals surface area contributed by atoms with E-state index in [9.17, 15) is 9.59 Å². The van der Waals surface area contributed by atoms with Crippen molar-refractivity contribution in [3.8, 4) is 0 Å². The zero-order valence-corrected chi connectivity index (χ0v) is 14.3. The molecule has 4 nitrogen and oxygen atoms in total. The second kappa shape index (κ2) is 6.92. The van der Waals surface area contributed by atoms with Gasteiger partial charge in [0, 0.05) is 35.2 Å². The lowest BCUT2D eigenvalue weighted by Gasteiger charge is -2.15. The summed E-state index contributed by atoms with van der Waals surface area (Å²) in [6.07, 6.45) is 0.473. The predicted molar refractivity (Wildman–Crippen MR) is 87.3 cm³/mol. The Bertz CT molecular complexity index is 684. The van der Waals surface area contributed by atoms with Crippen LogP contribution in [0.25, 0.3) is 0 Å². The second-order valence-electron chi connectivity index (χ2n) is 5.51. The Hall–Kier alpha value is -1.88. The van der Waals surface area contributed by atoms with Gasteiger partial charge in [-0.15, -0.1) is 11.3 Å². The van der Waals surface area contributed by atoms with E-state index >= 15 is 0 Å². The Labute approximate surface area is 134 Å². The molecule has 2 aromatic rings. The van der Waals surface area contributed by atoms with E-state index in [2.05, 4.69) is 0 Å². The molecule has 0 fully saturated rings. The molecule has 0 bridgehead atoms. The van der Waals surface area contributed by atoms with Gasteiger partial charge in [0.2, 0.25) is 5.91 Å². The summed E-state index contributed by atoms with van der Waals surface area (Å²) >= 11 is 1.61. The van der Waals surface area contributed by atoms with Crippen molar-refractivity contribution >= 4 is 23.0 Å². The van der Waals surface area contributed by atoms with Gasteiger partial charge in [-0.3, -0.25) is 9.59 Å². The highest BCUT2D eigenvalue weighted by Crippen LogP contribution is 2.22. The van der Waals surface area contributed by atoms with Gasteiger partial charge in [-0.05, 0) is 39.0 Å². The average Bonchev–Trinajstić information content (AvgIpc) is 3.01. The van der Waals surface area contributed by atoms with Crippen molar-refractivity contribution in [1.29, 1.82) is 0 Å². The minimum absolute atomic E-state index is 0.0393. The van der Waals surface area contributed by atoms with Crippen LogP contribution in [0.1, 0.15) is 44.5 Å². The second-order valence-corrected chi connectivity index (χ2v) is 6.97. The summed E-state index contributed by atoms with van der Waals surface area (Å²) in [5, 5.41) is 0. The van der Waals surface area contributed by atoms with Gasteiger partial charge in [0.05, 0.1) is 6.54 Å². The van der Waals surface area contributed by atoms with E-state index in [-0.39, 0.29) is 24.5 Å². The molecule has 0 N–H and O–H groups in total. The molecule has 0 aliphatic heterocycles. The van der Waals surface area contributed by atoms with Gasteiger partial charge < -0.3 is 9.32 Å². The first kappa shape index (κ1) is 16.5. The van der Waals surface area contributed by atoms with Crippen molar-refractivity contribution in [2.75, 3.05) is 7.05 Å². The fraction of sp³-hybridized carbons (Fsp3) is 0.412. The van der Waals surface area contributed by atoms with Crippen molar-refractivity contribution in [2.24, 2.45) is 0 Å². The fourth-order valence-electron chi connectivity index (χ4n) is 2.35. The van der Waals surface area contributed by atoms with Gasteiger partial charge in [0.1, 0.15) is 11.5 Å². The van der Waals surface area contributed by atoms with E-state index in [0.29, 0.717) is 6.54 Å². The lowest BCUT2D eigenvalue weighted by molar-refractivity contribution is -0.130. The molecule has 0 aliphatic carbocycles. The van der Waals surface area contributed by atoms with Crippen molar-refractivity contribution in [1.82, 2.24) is 4.90 Å². The van der Waals surface area contributed by atoms with Crippen LogP contribution in [0.4, 0.5) is 0 Å². The van der Waals surface area contributed by atoms with E-state index in [1.165, 1.54) is 0 Å². The lowest BCUT2D eigenvalue weighted by Crippen LogP contribution is -2.26. The van der Waals surface area contributed by atoms with Crippen LogP contribution in [0.2, 0.25) is 0 Å². The van der Waals surface area contributed by atoms with Gasteiger partial charge in [0.25, 0.3) is 0 Å². The summed E-state index contributed by atoms with van der Waals surface area (Å²) in [5.74, 6) is 1.57. The molecule has 2 heterocycles. The molecule has 0 spiro atoms. The highest BCUT2D eigenvalue weighted by atomic mass is 32.1. The van der Waals surface area contributed by atoms with Crippen LogP contribution in [-0.4, -0.2) is 23.6 Å². The van der Waals surface area contributed by atoms with E-state index in [1.807, 2.05) is 39.0 Å². The molecule has 0 radical (unpaired) electrons. The molecule has 1 amide bonds. The van der Waals surface area contributed by atoms with Gasteiger partial charge in [0.15, 0.2) is 5.78 Å². The van der Waals surface area contributed by atoms with Gasteiger partial charge >= 0.3 is 0 Å². The standard InChI is InChI=1S/C17H21NO3S/c1-11-5-6-14(21-11)10-18(4)17(20)8-7-16(19)15-9-12(2)22-13(15)3/h5-6,9H,7-8,10H2,1-4H3. The number of carbonyl (C=O) groups is 2. The number of nitrogens with zero attached hydrogens (tertiary/aromatic N) is 1. The third-order valence-electron chi connectivity index (χ3n) is 3.52.